The van der Waals surface area contributed by atoms with Gasteiger partial charge in [0.25, 0.3) is 0 Å². The molecule has 70 valence electrons. The van der Waals surface area contributed by atoms with E-state index in [0.717, 1.165) is 12.8 Å². The molecule has 1 aliphatic carbocycles. The minimum absolute atomic E-state index is 0.0122. The highest BCUT2D eigenvalue weighted by Gasteiger charge is 2.33. The first-order valence-corrected chi connectivity index (χ1v) is 4.57. The Kier molecular flexibility index (Phi) is 2.91. The van der Waals surface area contributed by atoms with E-state index in [4.69, 9.17) is 5.11 Å². The smallest absolute Gasteiger partial charge is 0.0732 e. The lowest BCUT2D eigenvalue weighted by molar-refractivity contribution is -0.0397. The van der Waals surface area contributed by atoms with Crippen molar-refractivity contribution < 1.29 is 10.2 Å². The molecular formula is C10H18O2. The lowest BCUT2D eigenvalue weighted by atomic mass is 9.78. The van der Waals surface area contributed by atoms with Crippen molar-refractivity contribution >= 4 is 0 Å². The number of hydrogen-bond acceptors (Lipinski definition) is 2. The highest BCUT2D eigenvalue weighted by atomic mass is 16.3. The topological polar surface area (TPSA) is 40.5 Å². The van der Waals surface area contributed by atoms with Crippen molar-refractivity contribution in [3.63, 3.8) is 0 Å². The Hall–Kier alpha value is -0.340. The molecule has 1 aliphatic rings. The van der Waals surface area contributed by atoms with Gasteiger partial charge in [0.2, 0.25) is 0 Å². The van der Waals surface area contributed by atoms with Crippen molar-refractivity contribution in [2.24, 2.45) is 5.92 Å². The Bertz CT molecular complexity index is 186. The standard InChI is InChI=1S/C10H18O2/c1-8-3-5-10(12,6-4-8)9(2)7-11/h3,9,11-12H,4-7H2,1-2H3. The second-order valence-electron chi connectivity index (χ2n) is 3.94. The lowest BCUT2D eigenvalue weighted by Crippen LogP contribution is -2.39. The van der Waals surface area contributed by atoms with E-state index in [1.165, 1.54) is 5.57 Å². The van der Waals surface area contributed by atoms with E-state index in [-0.39, 0.29) is 12.5 Å². The minimum atomic E-state index is -0.658. The van der Waals surface area contributed by atoms with Gasteiger partial charge >= 0.3 is 0 Å². The summed E-state index contributed by atoms with van der Waals surface area (Å²) >= 11 is 0. The maximum atomic E-state index is 10.1. The summed E-state index contributed by atoms with van der Waals surface area (Å²) in [4.78, 5) is 0. The summed E-state index contributed by atoms with van der Waals surface area (Å²) in [6.45, 7) is 4.06. The summed E-state index contributed by atoms with van der Waals surface area (Å²) in [5.74, 6) is -0.0122. The van der Waals surface area contributed by atoms with Crippen LogP contribution in [0, 0.1) is 5.92 Å². The van der Waals surface area contributed by atoms with E-state index >= 15 is 0 Å². The highest BCUT2D eigenvalue weighted by molar-refractivity contribution is 5.08. The van der Waals surface area contributed by atoms with Crippen LogP contribution in [-0.2, 0) is 0 Å². The van der Waals surface area contributed by atoms with Gasteiger partial charge in [0.15, 0.2) is 0 Å². The maximum absolute atomic E-state index is 10.1. The van der Waals surface area contributed by atoms with Gasteiger partial charge in [0.05, 0.1) is 5.60 Å². The van der Waals surface area contributed by atoms with E-state index in [1.54, 1.807) is 0 Å². The Morgan fingerprint density at radius 1 is 1.67 bits per heavy atom. The summed E-state index contributed by atoms with van der Waals surface area (Å²) in [6, 6.07) is 0. The van der Waals surface area contributed by atoms with Crippen molar-refractivity contribution in [1.82, 2.24) is 0 Å². The molecule has 0 aliphatic heterocycles. The maximum Gasteiger partial charge on any atom is 0.0732 e. The molecule has 0 heterocycles. The fraction of sp³-hybridized carbons (Fsp3) is 0.800. The minimum Gasteiger partial charge on any atom is -0.396 e. The molecule has 2 unspecified atom stereocenters. The molecule has 0 bridgehead atoms. The summed E-state index contributed by atoms with van der Waals surface area (Å²) in [5.41, 5.74) is 0.693. The molecule has 2 atom stereocenters. The Morgan fingerprint density at radius 2 is 2.33 bits per heavy atom. The predicted molar refractivity (Wildman–Crippen MR) is 48.8 cm³/mol. The Balaban J connectivity index is 2.63. The van der Waals surface area contributed by atoms with Crippen LogP contribution in [0.3, 0.4) is 0 Å². The second kappa shape index (κ2) is 3.58. The van der Waals surface area contributed by atoms with Gasteiger partial charge < -0.3 is 10.2 Å². The molecule has 2 heteroatoms. The molecular weight excluding hydrogens is 152 g/mol. The molecule has 2 nitrogen and oxygen atoms in total. The van der Waals surface area contributed by atoms with Crippen LogP contribution in [0.5, 0.6) is 0 Å². The first kappa shape index (κ1) is 9.75. The van der Waals surface area contributed by atoms with Gasteiger partial charge in [-0.25, -0.2) is 0 Å². The van der Waals surface area contributed by atoms with Crippen LogP contribution in [0.2, 0.25) is 0 Å². The zero-order chi connectivity index (χ0) is 9.19. The van der Waals surface area contributed by atoms with Gasteiger partial charge in [-0.05, 0) is 26.2 Å². The Labute approximate surface area is 73.9 Å². The van der Waals surface area contributed by atoms with Crippen molar-refractivity contribution in [3.05, 3.63) is 11.6 Å². The fourth-order valence-corrected chi connectivity index (χ4v) is 1.59. The molecule has 1 rings (SSSR count). The van der Waals surface area contributed by atoms with Gasteiger partial charge in [-0.2, -0.15) is 0 Å². The number of rotatable bonds is 2. The molecule has 0 saturated carbocycles. The van der Waals surface area contributed by atoms with E-state index in [0.29, 0.717) is 6.42 Å². The average Bonchev–Trinajstić information content (AvgIpc) is 2.09. The molecule has 0 aromatic heterocycles. The third-order valence-corrected chi connectivity index (χ3v) is 2.95. The van der Waals surface area contributed by atoms with Crippen molar-refractivity contribution in [2.45, 2.75) is 38.7 Å². The summed E-state index contributed by atoms with van der Waals surface area (Å²) in [5, 5.41) is 19.0. The third kappa shape index (κ3) is 1.87. The van der Waals surface area contributed by atoms with E-state index < -0.39 is 5.60 Å². The quantitative estimate of drug-likeness (QED) is 0.616. The van der Waals surface area contributed by atoms with Gasteiger partial charge in [-0.3, -0.25) is 0 Å². The normalized spacial score (nSPS) is 32.8. The largest absolute Gasteiger partial charge is 0.396 e. The molecule has 0 aromatic rings. The molecule has 0 saturated heterocycles. The van der Waals surface area contributed by atoms with Crippen LogP contribution < -0.4 is 0 Å². The van der Waals surface area contributed by atoms with Crippen LogP contribution in [0.4, 0.5) is 0 Å². The van der Waals surface area contributed by atoms with Gasteiger partial charge in [-0.15, -0.1) is 0 Å². The van der Waals surface area contributed by atoms with Gasteiger partial charge in [0, 0.05) is 12.5 Å². The number of aliphatic hydroxyl groups is 2. The zero-order valence-electron chi connectivity index (χ0n) is 7.88. The van der Waals surface area contributed by atoms with Gasteiger partial charge in [-0.1, -0.05) is 18.6 Å². The molecule has 0 radical (unpaired) electrons. The molecule has 12 heavy (non-hydrogen) atoms. The van der Waals surface area contributed by atoms with E-state index in [1.807, 2.05) is 6.92 Å². The number of aliphatic hydroxyl groups excluding tert-OH is 1. The van der Waals surface area contributed by atoms with Crippen LogP contribution >= 0.6 is 0 Å². The van der Waals surface area contributed by atoms with Gasteiger partial charge in [0.1, 0.15) is 0 Å². The van der Waals surface area contributed by atoms with Crippen LogP contribution in [-0.4, -0.2) is 22.4 Å². The summed E-state index contributed by atoms with van der Waals surface area (Å²) < 4.78 is 0. The van der Waals surface area contributed by atoms with E-state index in [9.17, 15) is 5.11 Å². The third-order valence-electron chi connectivity index (χ3n) is 2.95. The molecule has 0 aromatic carbocycles. The van der Waals surface area contributed by atoms with Crippen molar-refractivity contribution in [1.29, 1.82) is 0 Å². The number of allylic oxidation sites excluding steroid dienone is 1. The first-order valence-electron chi connectivity index (χ1n) is 4.57. The Morgan fingerprint density at radius 3 is 2.75 bits per heavy atom. The molecule has 0 spiro atoms. The van der Waals surface area contributed by atoms with Crippen LogP contribution in [0.25, 0.3) is 0 Å². The van der Waals surface area contributed by atoms with Crippen LogP contribution in [0.15, 0.2) is 11.6 Å². The van der Waals surface area contributed by atoms with Crippen LogP contribution in [0.1, 0.15) is 33.1 Å². The molecule has 0 amide bonds. The van der Waals surface area contributed by atoms with Crippen molar-refractivity contribution in [2.75, 3.05) is 6.61 Å². The monoisotopic (exact) mass is 170 g/mol. The number of hydrogen-bond donors (Lipinski definition) is 2. The zero-order valence-corrected chi connectivity index (χ0v) is 7.88. The highest BCUT2D eigenvalue weighted by Crippen LogP contribution is 2.33. The average molecular weight is 170 g/mol. The first-order chi connectivity index (χ1) is 5.58. The second-order valence-corrected chi connectivity index (χ2v) is 3.94. The predicted octanol–water partition coefficient (Wildman–Crippen LogP) is 1.48. The fourth-order valence-electron chi connectivity index (χ4n) is 1.59. The lowest BCUT2D eigenvalue weighted by Gasteiger charge is -2.35. The SMILES string of the molecule is CC1=CCC(O)(C(C)CO)CC1. The molecule has 2 N–H and O–H groups in total. The van der Waals surface area contributed by atoms with E-state index in [2.05, 4.69) is 13.0 Å². The summed E-state index contributed by atoms with van der Waals surface area (Å²) in [6.07, 6.45) is 4.52. The summed E-state index contributed by atoms with van der Waals surface area (Å²) in [7, 11) is 0. The molecule has 0 fully saturated rings. The van der Waals surface area contributed by atoms with Crippen molar-refractivity contribution in [3.8, 4) is 0 Å².